The Balaban J connectivity index is 2.33. The summed E-state index contributed by atoms with van der Waals surface area (Å²) in [6.07, 6.45) is 1.07. The van der Waals surface area contributed by atoms with E-state index in [2.05, 4.69) is 19.2 Å². The number of sulfonamides is 1. The zero-order chi connectivity index (χ0) is 23.5. The Labute approximate surface area is 190 Å². The first-order valence-electron chi connectivity index (χ1n) is 10.1. The third-order valence-electron chi connectivity index (χ3n) is 5.22. The predicted octanol–water partition coefficient (Wildman–Crippen LogP) is 4.81. The molecule has 0 aromatic heterocycles. The van der Waals surface area contributed by atoms with Gasteiger partial charge in [0.2, 0.25) is 15.9 Å². The molecule has 2 rings (SSSR count). The van der Waals surface area contributed by atoms with E-state index in [4.69, 9.17) is 16.3 Å². The van der Waals surface area contributed by atoms with Gasteiger partial charge in [-0.3, -0.25) is 9.10 Å². The number of hydrogen-bond donors (Lipinski definition) is 1. The first-order chi connectivity index (χ1) is 14.4. The van der Waals surface area contributed by atoms with Crippen molar-refractivity contribution in [2.45, 2.75) is 52.6 Å². The number of carbonyl (C=O) groups excluding carboxylic acids is 1. The highest BCUT2D eigenvalue weighted by Gasteiger charge is 2.30. The van der Waals surface area contributed by atoms with Gasteiger partial charge in [0.25, 0.3) is 0 Å². The molecule has 2 atom stereocenters. The fraction of sp³-hybridized carbons (Fsp3) is 0.435. The van der Waals surface area contributed by atoms with Crippen molar-refractivity contribution in [2.24, 2.45) is 0 Å². The van der Waals surface area contributed by atoms with Gasteiger partial charge in [0, 0.05) is 5.02 Å². The number of aryl methyl sites for hydroxylation is 1. The van der Waals surface area contributed by atoms with E-state index in [1.807, 2.05) is 26.0 Å². The minimum atomic E-state index is -3.72. The first kappa shape index (κ1) is 25.0. The average Bonchev–Trinajstić information content (AvgIpc) is 2.66. The van der Waals surface area contributed by atoms with Crippen LogP contribution in [0.1, 0.15) is 56.3 Å². The van der Waals surface area contributed by atoms with Crippen LogP contribution >= 0.6 is 11.6 Å². The lowest BCUT2D eigenvalue weighted by Crippen LogP contribution is -2.48. The summed E-state index contributed by atoms with van der Waals surface area (Å²) in [6.45, 7) is 9.56. The largest absolute Gasteiger partial charge is 0.496 e. The molecular formula is C23H31ClN2O4S. The number of hydrogen-bond acceptors (Lipinski definition) is 4. The number of rotatable bonds is 8. The number of nitrogens with one attached hydrogen (secondary N) is 1. The Hall–Kier alpha value is -2.25. The molecule has 1 amide bonds. The van der Waals surface area contributed by atoms with Crippen molar-refractivity contribution < 1.29 is 17.9 Å². The monoisotopic (exact) mass is 466 g/mol. The van der Waals surface area contributed by atoms with Crippen LogP contribution in [-0.4, -0.2) is 33.7 Å². The molecule has 0 radical (unpaired) electrons. The van der Waals surface area contributed by atoms with E-state index in [1.54, 1.807) is 32.2 Å². The maximum absolute atomic E-state index is 13.1. The van der Waals surface area contributed by atoms with Crippen LogP contribution in [0.5, 0.6) is 5.75 Å². The maximum Gasteiger partial charge on any atom is 0.244 e. The normalized spacial score (nSPS) is 13.6. The number of anilines is 1. The third-order valence-corrected chi connectivity index (χ3v) is 6.69. The molecule has 0 bridgehead atoms. The third kappa shape index (κ3) is 5.92. The van der Waals surface area contributed by atoms with Crippen LogP contribution in [-0.2, 0) is 14.8 Å². The molecule has 31 heavy (non-hydrogen) atoms. The van der Waals surface area contributed by atoms with Crippen molar-refractivity contribution in [3.8, 4) is 5.75 Å². The molecule has 6 nitrogen and oxygen atoms in total. The Kier molecular flexibility index (Phi) is 8.00. The molecule has 0 saturated carbocycles. The van der Waals surface area contributed by atoms with Gasteiger partial charge in [-0.25, -0.2) is 8.42 Å². The van der Waals surface area contributed by atoms with Crippen LogP contribution < -0.4 is 14.4 Å². The highest BCUT2D eigenvalue weighted by atomic mass is 35.5. The number of methoxy groups -OCH3 is 1. The minimum Gasteiger partial charge on any atom is -0.496 e. The first-order valence-corrected chi connectivity index (χ1v) is 12.3. The second kappa shape index (κ2) is 9.92. The summed E-state index contributed by atoms with van der Waals surface area (Å²) in [6, 6.07) is 9.17. The summed E-state index contributed by atoms with van der Waals surface area (Å²) in [4.78, 5) is 13.1. The van der Waals surface area contributed by atoms with Gasteiger partial charge in [-0.15, -0.1) is 0 Å². The number of halogens is 1. The molecule has 0 aliphatic heterocycles. The summed E-state index contributed by atoms with van der Waals surface area (Å²) >= 11 is 6.04. The lowest BCUT2D eigenvalue weighted by atomic mass is 9.93. The highest BCUT2D eigenvalue weighted by molar-refractivity contribution is 7.92. The van der Waals surface area contributed by atoms with Crippen molar-refractivity contribution in [2.75, 3.05) is 17.7 Å². The quantitative estimate of drug-likeness (QED) is 0.605. The smallest absolute Gasteiger partial charge is 0.244 e. The molecular weight excluding hydrogens is 436 g/mol. The fourth-order valence-electron chi connectivity index (χ4n) is 3.64. The second-order valence-electron chi connectivity index (χ2n) is 8.05. The van der Waals surface area contributed by atoms with E-state index < -0.39 is 22.0 Å². The standard InChI is InChI=1S/C23H31ClN2O4S/c1-14(2)20-13-21(15(3)11-22(20)30-6)16(4)25-23(27)17(5)26(31(7,28)29)19-10-8-9-18(24)12-19/h8-14,16-17H,1-7H3,(H,25,27)/t16-,17-/m1/s1. The molecule has 0 saturated heterocycles. The molecule has 0 spiro atoms. The molecule has 0 aliphatic rings. The van der Waals surface area contributed by atoms with E-state index in [0.717, 1.165) is 33.0 Å². The van der Waals surface area contributed by atoms with Crippen molar-refractivity contribution in [3.63, 3.8) is 0 Å². The van der Waals surface area contributed by atoms with Gasteiger partial charge in [0.1, 0.15) is 11.8 Å². The van der Waals surface area contributed by atoms with Gasteiger partial charge < -0.3 is 10.1 Å². The molecule has 8 heteroatoms. The predicted molar refractivity (Wildman–Crippen MR) is 127 cm³/mol. The molecule has 0 fully saturated rings. The molecule has 0 unspecified atom stereocenters. The fourth-order valence-corrected chi connectivity index (χ4v) is 5.00. The minimum absolute atomic E-state index is 0.250. The molecule has 2 aromatic rings. The van der Waals surface area contributed by atoms with E-state index in [-0.39, 0.29) is 12.0 Å². The number of nitrogens with zero attached hydrogens (tertiary/aromatic N) is 1. The van der Waals surface area contributed by atoms with Gasteiger partial charge in [-0.2, -0.15) is 0 Å². The van der Waals surface area contributed by atoms with Crippen molar-refractivity contribution >= 4 is 33.2 Å². The summed E-state index contributed by atoms with van der Waals surface area (Å²) in [7, 11) is -2.08. The van der Waals surface area contributed by atoms with Gasteiger partial charge in [0.05, 0.1) is 25.1 Å². The highest BCUT2D eigenvalue weighted by Crippen LogP contribution is 2.32. The zero-order valence-electron chi connectivity index (χ0n) is 19.1. The van der Waals surface area contributed by atoms with Crippen LogP contribution in [0, 0.1) is 6.92 Å². The SMILES string of the molecule is COc1cc(C)c([C@@H](C)NC(=O)[C@@H](C)N(c2cccc(Cl)c2)S(C)(=O)=O)cc1C(C)C. The molecule has 170 valence electrons. The topological polar surface area (TPSA) is 75.7 Å². The maximum atomic E-state index is 13.1. The number of carbonyl (C=O) groups is 1. The van der Waals surface area contributed by atoms with Crippen molar-refractivity contribution in [3.05, 3.63) is 58.1 Å². The molecule has 0 heterocycles. The summed E-state index contributed by atoms with van der Waals surface area (Å²) < 4.78 is 31.5. The van der Waals surface area contributed by atoms with Gasteiger partial charge in [0.15, 0.2) is 0 Å². The lowest BCUT2D eigenvalue weighted by molar-refractivity contribution is -0.122. The Morgan fingerprint density at radius 1 is 1.10 bits per heavy atom. The van der Waals surface area contributed by atoms with Crippen LogP contribution in [0.25, 0.3) is 0 Å². The average molecular weight is 467 g/mol. The van der Waals surface area contributed by atoms with Crippen molar-refractivity contribution in [1.29, 1.82) is 0 Å². The van der Waals surface area contributed by atoms with E-state index in [0.29, 0.717) is 10.7 Å². The number of amides is 1. The van der Waals surface area contributed by atoms with Crippen molar-refractivity contribution in [1.82, 2.24) is 5.32 Å². The summed E-state index contributed by atoms with van der Waals surface area (Å²) in [5, 5.41) is 3.35. The molecule has 1 N–H and O–H groups in total. The molecule has 0 aliphatic carbocycles. The van der Waals surface area contributed by atoms with E-state index in [1.165, 1.54) is 6.07 Å². The van der Waals surface area contributed by atoms with Gasteiger partial charge in [-0.05, 0) is 73.7 Å². The van der Waals surface area contributed by atoms with Crippen LogP contribution in [0.4, 0.5) is 5.69 Å². The molecule has 2 aromatic carbocycles. The Morgan fingerprint density at radius 2 is 1.74 bits per heavy atom. The second-order valence-corrected chi connectivity index (χ2v) is 10.3. The van der Waals surface area contributed by atoms with E-state index >= 15 is 0 Å². The summed E-state index contributed by atoms with van der Waals surface area (Å²) in [5.41, 5.74) is 3.33. The number of ether oxygens (including phenoxy) is 1. The number of benzene rings is 2. The zero-order valence-corrected chi connectivity index (χ0v) is 20.6. The summed E-state index contributed by atoms with van der Waals surface area (Å²) in [5.74, 6) is 0.659. The lowest BCUT2D eigenvalue weighted by Gasteiger charge is -2.30. The van der Waals surface area contributed by atoms with E-state index in [9.17, 15) is 13.2 Å². The van der Waals surface area contributed by atoms with Gasteiger partial charge in [-0.1, -0.05) is 31.5 Å². The van der Waals surface area contributed by atoms with Crippen LogP contribution in [0.2, 0.25) is 5.02 Å². The van der Waals surface area contributed by atoms with Crippen LogP contribution in [0.3, 0.4) is 0 Å². The Morgan fingerprint density at radius 3 is 2.26 bits per heavy atom. The van der Waals surface area contributed by atoms with Crippen LogP contribution in [0.15, 0.2) is 36.4 Å². The Bertz CT molecular complexity index is 1050. The van der Waals surface area contributed by atoms with Gasteiger partial charge >= 0.3 is 0 Å².